The number of ether oxygens (including phenoxy) is 1. The van der Waals surface area contributed by atoms with Gasteiger partial charge in [-0.15, -0.1) is 0 Å². The summed E-state index contributed by atoms with van der Waals surface area (Å²) in [6.45, 7) is 0. The number of carbonyl (C=O) groups is 1. The minimum Gasteiger partial charge on any atom is -0.439 e. The maximum absolute atomic E-state index is 12.6. The highest BCUT2D eigenvalue weighted by Crippen LogP contribution is 2.30. The Morgan fingerprint density at radius 2 is 1.64 bits per heavy atom. The number of hydrogen-bond donors (Lipinski definition) is 0. The van der Waals surface area contributed by atoms with Crippen molar-refractivity contribution in [2.45, 2.75) is 6.18 Å². The molecule has 0 atom stereocenters. The molecule has 0 aliphatic rings. The zero-order chi connectivity index (χ0) is 17.9. The van der Waals surface area contributed by atoms with Crippen molar-refractivity contribution in [1.29, 1.82) is 0 Å². The van der Waals surface area contributed by atoms with E-state index in [9.17, 15) is 18.0 Å². The van der Waals surface area contributed by atoms with Gasteiger partial charge in [0.25, 0.3) is 0 Å². The van der Waals surface area contributed by atoms with Crippen molar-refractivity contribution in [2.75, 3.05) is 0 Å². The van der Waals surface area contributed by atoms with Crippen molar-refractivity contribution in [3.05, 3.63) is 66.4 Å². The first-order chi connectivity index (χ1) is 12.0. The summed E-state index contributed by atoms with van der Waals surface area (Å²) < 4.78 is 43.3. The van der Waals surface area contributed by atoms with Crippen molar-refractivity contribution in [1.82, 2.24) is 15.0 Å². The van der Waals surface area contributed by atoms with Crippen molar-refractivity contribution in [3.8, 4) is 22.8 Å². The third kappa shape index (κ3) is 3.79. The van der Waals surface area contributed by atoms with Crippen LogP contribution < -0.4 is 4.74 Å². The third-order valence-corrected chi connectivity index (χ3v) is 3.22. The molecule has 2 aromatic heterocycles. The van der Waals surface area contributed by atoms with E-state index in [1.807, 2.05) is 6.07 Å². The first kappa shape index (κ1) is 16.6. The number of alkyl halides is 3. The number of carbonyl (C=O) groups excluding carboxylic acids is 1. The summed E-state index contributed by atoms with van der Waals surface area (Å²) in [5, 5.41) is 0. The summed E-state index contributed by atoms with van der Waals surface area (Å²) >= 11 is 0. The summed E-state index contributed by atoms with van der Waals surface area (Å²) in [5.74, 6) is -0.533. The fourth-order valence-corrected chi connectivity index (χ4v) is 2.07. The number of nitrogens with zero attached hydrogens (tertiary/aromatic N) is 3. The molecule has 8 heteroatoms. The molecule has 0 saturated carbocycles. The van der Waals surface area contributed by atoms with E-state index in [-0.39, 0.29) is 17.0 Å². The Morgan fingerprint density at radius 1 is 0.960 bits per heavy atom. The molecule has 0 saturated heterocycles. The lowest BCUT2D eigenvalue weighted by Gasteiger charge is -2.09. The Kier molecular flexibility index (Phi) is 4.42. The van der Waals surface area contributed by atoms with Gasteiger partial charge in [-0.25, -0.2) is 15.0 Å². The highest BCUT2D eigenvalue weighted by molar-refractivity contribution is 5.87. The molecule has 0 N–H and O–H groups in total. The largest absolute Gasteiger partial charge is 0.451 e. The molecule has 1 aromatic carbocycles. The first-order valence-corrected chi connectivity index (χ1v) is 7.05. The first-order valence-electron chi connectivity index (χ1n) is 7.05. The van der Waals surface area contributed by atoms with Crippen LogP contribution in [0, 0.1) is 0 Å². The number of pyridine rings is 1. The maximum atomic E-state index is 12.6. The number of rotatable bonds is 4. The molecule has 0 spiro atoms. The molecule has 5 nitrogen and oxygen atoms in total. The van der Waals surface area contributed by atoms with E-state index in [4.69, 9.17) is 4.74 Å². The average molecular weight is 345 g/mol. The van der Waals surface area contributed by atoms with Crippen molar-refractivity contribution in [2.24, 2.45) is 0 Å². The molecule has 0 bridgehead atoms. The Labute approximate surface area is 140 Å². The minimum absolute atomic E-state index is 0.184. The second-order valence-corrected chi connectivity index (χ2v) is 4.94. The number of aromatic nitrogens is 3. The van der Waals surface area contributed by atoms with Crippen molar-refractivity contribution in [3.63, 3.8) is 0 Å². The van der Waals surface area contributed by atoms with E-state index in [1.54, 1.807) is 24.3 Å². The molecule has 126 valence electrons. The maximum Gasteiger partial charge on any atom is 0.451 e. The van der Waals surface area contributed by atoms with Gasteiger partial charge in [-0.2, -0.15) is 13.2 Å². The van der Waals surface area contributed by atoms with Crippen LogP contribution in [0.15, 0.2) is 55.0 Å². The molecule has 0 radical (unpaired) electrons. The van der Waals surface area contributed by atoms with Crippen molar-refractivity contribution < 1.29 is 22.7 Å². The molecule has 2 heterocycles. The van der Waals surface area contributed by atoms with Gasteiger partial charge in [0.05, 0.1) is 0 Å². The summed E-state index contributed by atoms with van der Waals surface area (Å²) in [6, 6.07) is 10.3. The second kappa shape index (κ2) is 6.68. The second-order valence-electron chi connectivity index (χ2n) is 4.94. The summed E-state index contributed by atoms with van der Waals surface area (Å²) in [5.41, 5.74) is 0.754. The number of hydrogen-bond acceptors (Lipinski definition) is 5. The fraction of sp³-hybridized carbons (Fsp3) is 0.0588. The average Bonchev–Trinajstić information content (AvgIpc) is 2.62. The number of aldehydes is 1. The van der Waals surface area contributed by atoms with E-state index >= 15 is 0 Å². The van der Waals surface area contributed by atoms with Crippen LogP contribution in [0.4, 0.5) is 13.2 Å². The van der Waals surface area contributed by atoms with E-state index in [0.717, 1.165) is 12.4 Å². The van der Waals surface area contributed by atoms with E-state index in [2.05, 4.69) is 15.0 Å². The van der Waals surface area contributed by atoms with Crippen LogP contribution in [-0.2, 0) is 6.18 Å². The summed E-state index contributed by atoms with van der Waals surface area (Å²) in [7, 11) is 0. The third-order valence-electron chi connectivity index (χ3n) is 3.22. The molecule has 0 aliphatic heterocycles. The normalized spacial score (nSPS) is 11.2. The predicted octanol–water partition coefficient (Wildman–Crippen LogP) is 4.16. The molecular formula is C17H10F3N3O2. The topological polar surface area (TPSA) is 65.0 Å². The van der Waals surface area contributed by atoms with Gasteiger partial charge >= 0.3 is 6.18 Å². The van der Waals surface area contributed by atoms with Gasteiger partial charge in [-0.3, -0.25) is 4.79 Å². The molecule has 25 heavy (non-hydrogen) atoms. The lowest BCUT2D eigenvalue weighted by atomic mass is 10.1. The molecule has 0 unspecified atom stereocenters. The smallest absolute Gasteiger partial charge is 0.439 e. The van der Waals surface area contributed by atoms with Crippen LogP contribution in [0.25, 0.3) is 11.1 Å². The molecule has 3 aromatic rings. The highest BCUT2D eigenvalue weighted by Gasteiger charge is 2.34. The molecule has 3 rings (SSSR count). The number of benzene rings is 1. The Hall–Kier alpha value is -3.29. The Balaban J connectivity index is 1.96. The number of para-hydroxylation sites is 1. The van der Waals surface area contributed by atoms with Gasteiger partial charge in [-0.05, 0) is 12.1 Å². The van der Waals surface area contributed by atoms with Gasteiger partial charge < -0.3 is 4.74 Å². The summed E-state index contributed by atoms with van der Waals surface area (Å²) in [6.07, 6.45) is -0.800. The SMILES string of the molecule is O=Cc1cnc(Oc2ccccc2)cc1-c1cnc(C(F)(F)F)nc1. The van der Waals surface area contributed by atoms with Crippen LogP contribution in [0.1, 0.15) is 16.2 Å². The van der Waals surface area contributed by atoms with Gasteiger partial charge in [0.15, 0.2) is 6.29 Å². The zero-order valence-corrected chi connectivity index (χ0v) is 12.6. The fourth-order valence-electron chi connectivity index (χ4n) is 2.07. The monoisotopic (exact) mass is 345 g/mol. The molecule has 0 fully saturated rings. The highest BCUT2D eigenvalue weighted by atomic mass is 19.4. The Morgan fingerprint density at radius 3 is 2.24 bits per heavy atom. The molecule has 0 amide bonds. The van der Waals surface area contributed by atoms with Gasteiger partial charge in [0.2, 0.25) is 11.7 Å². The van der Waals surface area contributed by atoms with Crippen LogP contribution in [0.2, 0.25) is 0 Å². The van der Waals surface area contributed by atoms with Crippen LogP contribution in [0.5, 0.6) is 11.6 Å². The van der Waals surface area contributed by atoms with Gasteiger partial charge in [-0.1, -0.05) is 18.2 Å². The molecular weight excluding hydrogens is 335 g/mol. The Bertz CT molecular complexity index is 882. The lowest BCUT2D eigenvalue weighted by Crippen LogP contribution is -2.10. The van der Waals surface area contributed by atoms with Crippen LogP contribution >= 0.6 is 0 Å². The van der Waals surface area contributed by atoms with E-state index < -0.39 is 12.0 Å². The van der Waals surface area contributed by atoms with E-state index in [1.165, 1.54) is 12.3 Å². The molecule has 0 aliphatic carbocycles. The van der Waals surface area contributed by atoms with Gasteiger partial charge in [0.1, 0.15) is 5.75 Å². The van der Waals surface area contributed by atoms with Gasteiger partial charge in [0, 0.05) is 41.3 Å². The predicted molar refractivity (Wildman–Crippen MR) is 82.2 cm³/mol. The van der Waals surface area contributed by atoms with Crippen molar-refractivity contribution >= 4 is 6.29 Å². The zero-order valence-electron chi connectivity index (χ0n) is 12.6. The summed E-state index contributed by atoms with van der Waals surface area (Å²) in [4.78, 5) is 21.8. The quantitative estimate of drug-likeness (QED) is 0.664. The van der Waals surface area contributed by atoms with E-state index in [0.29, 0.717) is 17.6 Å². The number of halogens is 3. The standard InChI is InChI=1S/C17H10F3N3O2/c18-17(19,20)16-22-7-11(8-23-16)14-6-15(21-9-12(14)10-24)25-13-4-2-1-3-5-13/h1-10H. The lowest BCUT2D eigenvalue weighted by molar-refractivity contribution is -0.144. The minimum atomic E-state index is -4.63. The van der Waals surface area contributed by atoms with Crippen LogP contribution in [-0.4, -0.2) is 21.2 Å². The van der Waals surface area contributed by atoms with Crippen LogP contribution in [0.3, 0.4) is 0 Å².